The van der Waals surface area contributed by atoms with Gasteiger partial charge in [-0.05, 0) is 63.4 Å². The maximum Gasteiger partial charge on any atom is 0.0426 e. The predicted molar refractivity (Wildman–Crippen MR) is 79.7 cm³/mol. The van der Waals surface area contributed by atoms with Crippen molar-refractivity contribution in [1.82, 2.24) is 5.32 Å². The molecular weight excluding hydrogens is 244 g/mol. The van der Waals surface area contributed by atoms with E-state index in [4.69, 9.17) is 11.6 Å². The van der Waals surface area contributed by atoms with E-state index in [1.54, 1.807) is 0 Å². The summed E-state index contributed by atoms with van der Waals surface area (Å²) in [6.45, 7) is 5.63. The SMILES string of the molecule is CNCCC1CCN(c2cc(Cl)ccc2C)CC1. The second-order valence-electron chi connectivity index (χ2n) is 5.25. The lowest BCUT2D eigenvalue weighted by atomic mass is 9.93. The quantitative estimate of drug-likeness (QED) is 0.898. The van der Waals surface area contributed by atoms with Crippen molar-refractivity contribution in [3.8, 4) is 0 Å². The molecule has 1 heterocycles. The smallest absolute Gasteiger partial charge is 0.0426 e. The molecule has 1 N–H and O–H groups in total. The Morgan fingerprint density at radius 2 is 2.06 bits per heavy atom. The van der Waals surface area contributed by atoms with Gasteiger partial charge >= 0.3 is 0 Å². The zero-order valence-corrected chi connectivity index (χ0v) is 12.1. The second-order valence-corrected chi connectivity index (χ2v) is 5.69. The molecule has 0 bridgehead atoms. The second kappa shape index (κ2) is 6.44. The minimum atomic E-state index is 0.841. The van der Waals surface area contributed by atoms with Gasteiger partial charge in [-0.25, -0.2) is 0 Å². The summed E-state index contributed by atoms with van der Waals surface area (Å²) in [7, 11) is 2.03. The van der Waals surface area contributed by atoms with Crippen molar-refractivity contribution in [1.29, 1.82) is 0 Å². The van der Waals surface area contributed by atoms with Crippen molar-refractivity contribution < 1.29 is 0 Å². The van der Waals surface area contributed by atoms with E-state index in [9.17, 15) is 0 Å². The minimum Gasteiger partial charge on any atom is -0.371 e. The number of benzene rings is 1. The van der Waals surface area contributed by atoms with Crippen molar-refractivity contribution in [2.75, 3.05) is 31.6 Å². The molecule has 1 aromatic carbocycles. The monoisotopic (exact) mass is 266 g/mol. The number of halogens is 1. The molecule has 0 unspecified atom stereocenters. The first-order chi connectivity index (χ1) is 8.70. The molecule has 0 atom stereocenters. The van der Waals surface area contributed by atoms with Crippen LogP contribution in [0.4, 0.5) is 5.69 Å². The fourth-order valence-corrected chi connectivity index (χ4v) is 2.90. The third kappa shape index (κ3) is 3.39. The standard InChI is InChI=1S/C15H23ClN2/c1-12-3-4-14(16)11-15(12)18-9-6-13(7-10-18)5-8-17-2/h3-4,11,13,17H,5-10H2,1-2H3. The average Bonchev–Trinajstić information content (AvgIpc) is 2.40. The molecule has 0 radical (unpaired) electrons. The van der Waals surface area contributed by atoms with Crippen LogP contribution in [0.25, 0.3) is 0 Å². The summed E-state index contributed by atoms with van der Waals surface area (Å²) in [5, 5.41) is 4.08. The van der Waals surface area contributed by atoms with Crippen LogP contribution in [0.1, 0.15) is 24.8 Å². The number of aryl methyl sites for hydroxylation is 1. The van der Waals surface area contributed by atoms with E-state index >= 15 is 0 Å². The van der Waals surface area contributed by atoms with Gasteiger partial charge in [0, 0.05) is 23.8 Å². The summed E-state index contributed by atoms with van der Waals surface area (Å²) in [6, 6.07) is 6.19. The van der Waals surface area contributed by atoms with E-state index in [2.05, 4.69) is 29.3 Å². The van der Waals surface area contributed by atoms with Gasteiger partial charge in [0.1, 0.15) is 0 Å². The Bertz CT molecular complexity index is 384. The van der Waals surface area contributed by atoms with E-state index in [-0.39, 0.29) is 0 Å². The third-order valence-electron chi connectivity index (χ3n) is 3.93. The highest BCUT2D eigenvalue weighted by Crippen LogP contribution is 2.29. The Kier molecular flexibility index (Phi) is 4.90. The lowest BCUT2D eigenvalue weighted by molar-refractivity contribution is 0.378. The molecular formula is C15H23ClN2. The Morgan fingerprint density at radius 3 is 2.72 bits per heavy atom. The van der Waals surface area contributed by atoms with E-state index in [1.807, 2.05) is 13.1 Å². The molecule has 0 aliphatic carbocycles. The summed E-state index contributed by atoms with van der Waals surface area (Å²) in [6.07, 6.45) is 3.90. The highest BCUT2D eigenvalue weighted by molar-refractivity contribution is 6.30. The lowest BCUT2D eigenvalue weighted by Gasteiger charge is -2.34. The first kappa shape index (κ1) is 13.7. The summed E-state index contributed by atoms with van der Waals surface area (Å²) in [5.41, 5.74) is 2.64. The maximum atomic E-state index is 6.10. The van der Waals surface area contributed by atoms with Crippen LogP contribution in [0.2, 0.25) is 5.02 Å². The van der Waals surface area contributed by atoms with Crippen LogP contribution in [-0.4, -0.2) is 26.7 Å². The van der Waals surface area contributed by atoms with Gasteiger partial charge in [0.2, 0.25) is 0 Å². The molecule has 18 heavy (non-hydrogen) atoms. The Morgan fingerprint density at radius 1 is 1.33 bits per heavy atom. The van der Waals surface area contributed by atoms with Crippen molar-refractivity contribution >= 4 is 17.3 Å². The Balaban J connectivity index is 1.94. The predicted octanol–water partition coefficient (Wildman–Crippen LogP) is 3.47. The first-order valence-electron chi connectivity index (χ1n) is 6.86. The molecule has 1 aliphatic rings. The van der Waals surface area contributed by atoms with Gasteiger partial charge in [-0.1, -0.05) is 17.7 Å². The molecule has 1 fully saturated rings. The van der Waals surface area contributed by atoms with Crippen molar-refractivity contribution in [3.63, 3.8) is 0 Å². The fourth-order valence-electron chi connectivity index (χ4n) is 2.73. The Labute approximate surface area is 115 Å². The number of anilines is 1. The molecule has 3 heteroatoms. The molecule has 0 spiro atoms. The number of rotatable bonds is 4. The van der Waals surface area contributed by atoms with Gasteiger partial charge in [-0.3, -0.25) is 0 Å². The molecule has 100 valence electrons. The number of hydrogen-bond acceptors (Lipinski definition) is 2. The van der Waals surface area contributed by atoms with Gasteiger partial charge < -0.3 is 10.2 Å². The van der Waals surface area contributed by atoms with Crippen LogP contribution in [0.5, 0.6) is 0 Å². The summed E-state index contributed by atoms with van der Waals surface area (Å²) < 4.78 is 0. The average molecular weight is 267 g/mol. The summed E-state index contributed by atoms with van der Waals surface area (Å²) >= 11 is 6.10. The normalized spacial score (nSPS) is 17.2. The van der Waals surface area contributed by atoms with Crippen LogP contribution in [0, 0.1) is 12.8 Å². The maximum absolute atomic E-state index is 6.10. The van der Waals surface area contributed by atoms with Crippen LogP contribution in [0.15, 0.2) is 18.2 Å². The van der Waals surface area contributed by atoms with Crippen LogP contribution >= 0.6 is 11.6 Å². The largest absolute Gasteiger partial charge is 0.371 e. The number of nitrogens with zero attached hydrogens (tertiary/aromatic N) is 1. The third-order valence-corrected chi connectivity index (χ3v) is 4.16. The highest BCUT2D eigenvalue weighted by Gasteiger charge is 2.20. The summed E-state index contributed by atoms with van der Waals surface area (Å²) in [4.78, 5) is 2.48. The topological polar surface area (TPSA) is 15.3 Å². The van der Waals surface area contributed by atoms with Crippen molar-refractivity contribution in [3.05, 3.63) is 28.8 Å². The van der Waals surface area contributed by atoms with Gasteiger partial charge in [0.05, 0.1) is 0 Å². The molecule has 1 aliphatic heterocycles. The fraction of sp³-hybridized carbons (Fsp3) is 0.600. The van der Waals surface area contributed by atoms with E-state index < -0.39 is 0 Å². The highest BCUT2D eigenvalue weighted by atomic mass is 35.5. The zero-order chi connectivity index (χ0) is 13.0. The molecule has 0 aromatic heterocycles. The lowest BCUT2D eigenvalue weighted by Crippen LogP contribution is -2.34. The van der Waals surface area contributed by atoms with Crippen molar-refractivity contribution in [2.45, 2.75) is 26.2 Å². The molecule has 0 amide bonds. The van der Waals surface area contributed by atoms with Crippen LogP contribution in [0.3, 0.4) is 0 Å². The molecule has 0 saturated carbocycles. The van der Waals surface area contributed by atoms with E-state index in [0.717, 1.165) is 30.6 Å². The van der Waals surface area contributed by atoms with E-state index in [1.165, 1.54) is 30.5 Å². The molecule has 1 saturated heterocycles. The number of piperidine rings is 1. The molecule has 2 nitrogen and oxygen atoms in total. The van der Waals surface area contributed by atoms with Gasteiger partial charge in [0.15, 0.2) is 0 Å². The Hall–Kier alpha value is -0.730. The molecule has 1 aromatic rings. The van der Waals surface area contributed by atoms with Gasteiger partial charge in [-0.15, -0.1) is 0 Å². The van der Waals surface area contributed by atoms with Crippen LogP contribution in [-0.2, 0) is 0 Å². The van der Waals surface area contributed by atoms with Crippen LogP contribution < -0.4 is 10.2 Å². The minimum absolute atomic E-state index is 0.841. The number of hydrogen-bond donors (Lipinski definition) is 1. The van der Waals surface area contributed by atoms with E-state index in [0.29, 0.717) is 0 Å². The first-order valence-corrected chi connectivity index (χ1v) is 7.24. The van der Waals surface area contributed by atoms with Crippen molar-refractivity contribution in [2.24, 2.45) is 5.92 Å². The molecule has 2 rings (SSSR count). The number of nitrogens with one attached hydrogen (secondary N) is 1. The summed E-state index contributed by atoms with van der Waals surface area (Å²) in [5.74, 6) is 0.883. The zero-order valence-electron chi connectivity index (χ0n) is 11.4. The van der Waals surface area contributed by atoms with Gasteiger partial charge in [0.25, 0.3) is 0 Å². The van der Waals surface area contributed by atoms with Gasteiger partial charge in [-0.2, -0.15) is 0 Å².